The van der Waals surface area contributed by atoms with E-state index < -0.39 is 59.1 Å². The number of primary amides is 1. The maximum atomic E-state index is 14.1. The number of rotatable bonds is 5. The van der Waals surface area contributed by atoms with Gasteiger partial charge < -0.3 is 11.1 Å². The van der Waals surface area contributed by atoms with Crippen LogP contribution in [0.3, 0.4) is 0 Å². The number of aromatic nitrogens is 3. The van der Waals surface area contributed by atoms with Gasteiger partial charge in [-0.15, -0.1) is 0 Å². The first kappa shape index (κ1) is 24.7. The molecule has 0 radical (unpaired) electrons. The van der Waals surface area contributed by atoms with Crippen molar-refractivity contribution < 1.29 is 35.9 Å². The summed E-state index contributed by atoms with van der Waals surface area (Å²) in [6.45, 7) is 0.730. The zero-order valence-corrected chi connectivity index (χ0v) is 18.3. The molecule has 0 aliphatic heterocycles. The molecule has 3 N–H and O–H groups in total. The van der Waals surface area contributed by atoms with E-state index in [9.17, 15) is 35.9 Å². The van der Waals surface area contributed by atoms with Crippen LogP contribution in [-0.2, 0) is 12.7 Å². The zero-order valence-electron chi connectivity index (χ0n) is 18.3. The van der Waals surface area contributed by atoms with Crippen LogP contribution in [0, 0.1) is 24.4 Å². The molecule has 0 aliphatic rings. The van der Waals surface area contributed by atoms with Crippen LogP contribution in [0.15, 0.2) is 42.5 Å². The normalized spacial score (nSPS) is 11.6. The molecule has 13 heteroatoms. The number of alkyl halides is 3. The molecule has 36 heavy (non-hydrogen) atoms. The van der Waals surface area contributed by atoms with Crippen molar-refractivity contribution in [2.75, 3.05) is 5.32 Å². The van der Waals surface area contributed by atoms with Gasteiger partial charge >= 0.3 is 6.18 Å². The van der Waals surface area contributed by atoms with E-state index in [2.05, 4.69) is 15.4 Å². The van der Waals surface area contributed by atoms with Crippen molar-refractivity contribution in [1.29, 1.82) is 0 Å². The molecular formula is C23H15F6N5O2. The fraction of sp³-hybridized carbons (Fsp3) is 0.130. The molecule has 0 atom stereocenters. The third kappa shape index (κ3) is 4.72. The van der Waals surface area contributed by atoms with Gasteiger partial charge in [0, 0.05) is 23.1 Å². The number of fused-ring (bicyclic) bond motifs is 1. The summed E-state index contributed by atoms with van der Waals surface area (Å²) in [5.74, 6) is -4.71. The summed E-state index contributed by atoms with van der Waals surface area (Å²) < 4.78 is 83.1. The quantitative estimate of drug-likeness (QED) is 0.386. The van der Waals surface area contributed by atoms with E-state index in [4.69, 9.17) is 5.73 Å². The van der Waals surface area contributed by atoms with Crippen LogP contribution in [0.2, 0.25) is 0 Å². The second-order valence-corrected chi connectivity index (χ2v) is 7.74. The Morgan fingerprint density at radius 1 is 1.03 bits per heavy atom. The lowest BCUT2D eigenvalue weighted by Crippen LogP contribution is -2.19. The average Bonchev–Trinajstić information content (AvgIpc) is 3.10. The first-order valence-corrected chi connectivity index (χ1v) is 10.1. The molecule has 2 aromatic carbocycles. The van der Waals surface area contributed by atoms with E-state index >= 15 is 0 Å². The molecule has 0 bridgehead atoms. The van der Waals surface area contributed by atoms with E-state index in [1.807, 2.05) is 0 Å². The Hall–Kier alpha value is -4.42. The summed E-state index contributed by atoms with van der Waals surface area (Å²) in [5.41, 5.74) is 1.90. The third-order valence-electron chi connectivity index (χ3n) is 5.32. The molecule has 0 fully saturated rings. The fourth-order valence-corrected chi connectivity index (χ4v) is 3.56. The van der Waals surface area contributed by atoms with Gasteiger partial charge in [0.2, 0.25) is 0 Å². The first-order valence-electron chi connectivity index (χ1n) is 10.1. The molecule has 4 aromatic rings. The van der Waals surface area contributed by atoms with E-state index in [0.29, 0.717) is 6.07 Å². The highest BCUT2D eigenvalue weighted by Crippen LogP contribution is 2.36. The molecule has 0 spiro atoms. The van der Waals surface area contributed by atoms with Crippen molar-refractivity contribution in [1.82, 2.24) is 14.8 Å². The maximum absolute atomic E-state index is 14.1. The van der Waals surface area contributed by atoms with E-state index in [1.165, 1.54) is 13.0 Å². The SMILES string of the molecule is Cc1c(NC(=O)c2cc(C(N)=O)nc3cc(F)ccc23)c(C(F)(F)F)nn1Cc1ccc(F)cc1F. The van der Waals surface area contributed by atoms with Gasteiger partial charge in [-0.3, -0.25) is 14.3 Å². The number of hydrogen-bond donors (Lipinski definition) is 2. The molecule has 2 amide bonds. The number of carbonyl (C=O) groups is 2. The predicted octanol–water partition coefficient (Wildman–Crippen LogP) is 4.58. The number of halogens is 6. The topological polar surface area (TPSA) is 103 Å². The Balaban J connectivity index is 1.79. The third-order valence-corrected chi connectivity index (χ3v) is 5.32. The number of pyridine rings is 1. The minimum atomic E-state index is -5.01. The van der Waals surface area contributed by atoms with Crippen molar-refractivity contribution in [3.63, 3.8) is 0 Å². The number of carbonyl (C=O) groups excluding carboxylic acids is 2. The van der Waals surface area contributed by atoms with Gasteiger partial charge in [-0.1, -0.05) is 6.07 Å². The maximum Gasteiger partial charge on any atom is 0.437 e. The van der Waals surface area contributed by atoms with Gasteiger partial charge in [-0.25, -0.2) is 18.2 Å². The van der Waals surface area contributed by atoms with Crippen molar-refractivity contribution in [3.8, 4) is 0 Å². The minimum Gasteiger partial charge on any atom is -0.364 e. The second-order valence-electron chi connectivity index (χ2n) is 7.74. The van der Waals surface area contributed by atoms with Crippen molar-refractivity contribution in [2.45, 2.75) is 19.6 Å². The monoisotopic (exact) mass is 507 g/mol. The lowest BCUT2D eigenvalue weighted by atomic mass is 10.1. The molecule has 7 nitrogen and oxygen atoms in total. The van der Waals surface area contributed by atoms with Crippen molar-refractivity contribution in [3.05, 3.63) is 88.1 Å². The molecule has 186 valence electrons. The van der Waals surface area contributed by atoms with Crippen molar-refractivity contribution in [2.24, 2.45) is 5.73 Å². The van der Waals surface area contributed by atoms with Gasteiger partial charge in [-0.05, 0) is 31.2 Å². The molecule has 2 heterocycles. The summed E-state index contributed by atoms with van der Waals surface area (Å²) in [6.07, 6.45) is -5.01. The Bertz CT molecular complexity index is 1530. The summed E-state index contributed by atoms with van der Waals surface area (Å²) >= 11 is 0. The van der Waals surface area contributed by atoms with E-state index in [1.54, 1.807) is 0 Å². The molecular weight excluding hydrogens is 492 g/mol. The summed E-state index contributed by atoms with van der Waals surface area (Å²) in [6, 6.07) is 6.67. The zero-order chi connectivity index (χ0) is 26.4. The van der Waals surface area contributed by atoms with Crippen molar-refractivity contribution >= 4 is 28.4 Å². The number of nitrogens with two attached hydrogens (primary N) is 1. The largest absolute Gasteiger partial charge is 0.437 e. The highest BCUT2D eigenvalue weighted by atomic mass is 19.4. The van der Waals surface area contributed by atoms with Gasteiger partial charge in [0.15, 0.2) is 5.69 Å². The Kier molecular flexibility index (Phi) is 6.16. The van der Waals surface area contributed by atoms with Crippen LogP contribution in [0.4, 0.5) is 32.0 Å². The smallest absolute Gasteiger partial charge is 0.364 e. The summed E-state index contributed by atoms with van der Waals surface area (Å²) in [4.78, 5) is 28.6. The van der Waals surface area contributed by atoms with Crippen LogP contribution in [0.1, 0.15) is 37.8 Å². The molecule has 2 aromatic heterocycles. The predicted molar refractivity (Wildman–Crippen MR) is 116 cm³/mol. The highest BCUT2D eigenvalue weighted by Gasteiger charge is 2.39. The van der Waals surface area contributed by atoms with Crippen LogP contribution in [-0.4, -0.2) is 26.6 Å². The van der Waals surface area contributed by atoms with E-state index in [-0.39, 0.29) is 27.7 Å². The Labute approximate surface area is 198 Å². The molecule has 4 rings (SSSR count). The lowest BCUT2D eigenvalue weighted by molar-refractivity contribution is -0.140. The highest BCUT2D eigenvalue weighted by molar-refractivity contribution is 6.14. The Morgan fingerprint density at radius 2 is 1.69 bits per heavy atom. The lowest BCUT2D eigenvalue weighted by Gasteiger charge is -2.12. The molecule has 0 unspecified atom stereocenters. The van der Waals surface area contributed by atoms with Gasteiger partial charge in [-0.2, -0.15) is 18.3 Å². The number of nitrogens with one attached hydrogen (secondary N) is 1. The molecule has 0 aliphatic carbocycles. The van der Waals surface area contributed by atoms with Gasteiger partial charge in [0.1, 0.15) is 23.1 Å². The van der Waals surface area contributed by atoms with E-state index in [0.717, 1.165) is 35.0 Å². The first-order chi connectivity index (χ1) is 16.8. The van der Waals surface area contributed by atoms with Gasteiger partial charge in [0.05, 0.1) is 29.0 Å². The van der Waals surface area contributed by atoms with Crippen LogP contribution in [0.25, 0.3) is 10.9 Å². The number of benzene rings is 2. The molecule has 0 saturated carbocycles. The standard InChI is InChI=1S/C23H15F6N5O2/c1-10-19(20(23(27,28)29)33-34(10)9-11-2-3-12(24)6-16(11)26)32-22(36)15-8-18(21(30)35)31-17-7-13(25)4-5-14(15)17/h2-8H,9H2,1H3,(H2,30,35)(H,32,36). The van der Waals surface area contributed by atoms with Gasteiger partial charge in [0.25, 0.3) is 11.8 Å². The molecule has 0 saturated heterocycles. The number of nitrogens with zero attached hydrogens (tertiary/aromatic N) is 3. The minimum absolute atomic E-state index is 0.0471. The second kappa shape index (κ2) is 8.98. The summed E-state index contributed by atoms with van der Waals surface area (Å²) in [5, 5.41) is 5.67. The Morgan fingerprint density at radius 3 is 2.33 bits per heavy atom. The number of hydrogen-bond acceptors (Lipinski definition) is 4. The summed E-state index contributed by atoms with van der Waals surface area (Å²) in [7, 11) is 0. The number of anilines is 1. The average molecular weight is 507 g/mol. The van der Waals surface area contributed by atoms with Crippen LogP contribution >= 0.6 is 0 Å². The van der Waals surface area contributed by atoms with Crippen LogP contribution in [0.5, 0.6) is 0 Å². The number of amides is 2. The fourth-order valence-electron chi connectivity index (χ4n) is 3.56. The van der Waals surface area contributed by atoms with Crippen LogP contribution < -0.4 is 11.1 Å².